The van der Waals surface area contributed by atoms with Crippen molar-refractivity contribution in [3.8, 4) is 55.6 Å². The Morgan fingerprint density at radius 3 is 0.826 bits per heavy atom. The third kappa shape index (κ3) is 15.9. The molecule has 10 rings (SSSR count). The standard InChI is InChI=1S/C64H50O8.2F6P/c1-5-69-61(65)55-37-56(62(66)70-6-2)48-31-27-41(26-30-47(48)55)59(51-34-24-39-18-12-9-14-20-43(39)51)53-36-54(46-23-17-11-16-22-45(46)53)60(52-35-25-40-19-13-10-15-21-44(40)52)42-28-32-49-50(33-29-42)58(64(68)72-8-4)38-57(49)63(67)71-7-3;2*1-7(2,3,4,5)6/h9-38H,5-8H2,1-4H3;;/q+2;2*-1. The molecule has 0 saturated heterocycles. The van der Waals surface area contributed by atoms with Crippen LogP contribution < -0.4 is 0 Å². The summed E-state index contributed by atoms with van der Waals surface area (Å²) < 4.78 is 140. The molecule has 0 radical (unpaired) electrons. The Balaban J connectivity index is 0.000000614. The number of ether oxygens (including phenoxy) is 4. The van der Waals surface area contributed by atoms with Crippen LogP contribution in [0.5, 0.6) is 0 Å². The molecule has 22 heteroatoms. The van der Waals surface area contributed by atoms with E-state index in [0.717, 1.165) is 78.6 Å². The van der Waals surface area contributed by atoms with Crippen molar-refractivity contribution in [1.82, 2.24) is 0 Å². The molecule has 10 aliphatic carbocycles. The van der Waals surface area contributed by atoms with Crippen molar-refractivity contribution in [2.45, 2.75) is 27.7 Å². The van der Waals surface area contributed by atoms with Gasteiger partial charge in [0.1, 0.15) is 0 Å². The number of hydrogen-bond donors (Lipinski definition) is 0. The first-order valence-electron chi connectivity index (χ1n) is 26.3. The molecule has 0 saturated carbocycles. The third-order valence-corrected chi connectivity index (χ3v) is 13.2. The van der Waals surface area contributed by atoms with E-state index in [1.165, 1.54) is 0 Å². The third-order valence-electron chi connectivity index (χ3n) is 13.2. The van der Waals surface area contributed by atoms with Crippen LogP contribution in [0, 0.1) is 11.8 Å². The number of carbonyl (C=O) groups is 4. The quantitative estimate of drug-likeness (QED) is 0.0349. The van der Waals surface area contributed by atoms with E-state index >= 15 is 0 Å². The Labute approximate surface area is 485 Å². The second kappa shape index (κ2) is 22.9. The van der Waals surface area contributed by atoms with Crippen LogP contribution in [-0.2, 0) is 18.9 Å². The number of rotatable bonds is 14. The topological polar surface area (TPSA) is 105 Å². The SMILES string of the molecule is CCOC(=O)c1cc(C(=O)OCC)c2ccc([C+](c3ccc4cccccc3-4)c3cc([C+](c4ccc5c(C(=O)OCC)cc(C(=O)OCC)c-5cc4)c4ccc5cccccc4-5)c4cccccc3-4)ccc1-2.F[P-](F)(F)(F)(F)F.F[P-](F)(F)(F)(F)F. The second-order valence-electron chi connectivity index (χ2n) is 19.2. The van der Waals surface area contributed by atoms with Gasteiger partial charge in [-0.2, -0.15) is 0 Å². The summed E-state index contributed by atoms with van der Waals surface area (Å²) in [6.07, 6.45) is 0. The van der Waals surface area contributed by atoms with E-state index in [-0.39, 0.29) is 48.7 Å². The van der Waals surface area contributed by atoms with Crippen molar-refractivity contribution in [2.75, 3.05) is 26.4 Å². The molecule has 0 bridgehead atoms. The molecule has 0 N–H and O–H groups in total. The molecule has 0 unspecified atom stereocenters. The predicted molar refractivity (Wildman–Crippen MR) is 307 cm³/mol. The van der Waals surface area contributed by atoms with Gasteiger partial charge in [-0.15, -0.1) is 0 Å². The number of carbonyl (C=O) groups excluding carboxylic acids is 4. The van der Waals surface area contributed by atoms with Gasteiger partial charge >= 0.3 is 89.9 Å². The van der Waals surface area contributed by atoms with Crippen LogP contribution in [-0.4, -0.2) is 50.3 Å². The van der Waals surface area contributed by atoms with Gasteiger partial charge in [0.05, 0.1) is 105 Å². The van der Waals surface area contributed by atoms with E-state index in [1.807, 2.05) is 103 Å². The Bertz CT molecular complexity index is 3620. The zero-order chi connectivity index (χ0) is 62.7. The molecule has 0 aromatic carbocycles. The van der Waals surface area contributed by atoms with E-state index in [1.54, 1.807) is 39.8 Å². The first-order chi connectivity index (χ1) is 40.1. The van der Waals surface area contributed by atoms with Crippen LogP contribution in [0.1, 0.15) is 103 Å². The fraction of sp³-hybridized carbons (Fsp3) is 0.125. The molecular weight excluding hydrogens is 1190 g/mol. The van der Waals surface area contributed by atoms with Crippen LogP contribution in [0.2, 0.25) is 0 Å². The summed E-state index contributed by atoms with van der Waals surface area (Å²) in [5.74, 6) is -0.238. The first kappa shape index (κ1) is 63.2. The normalized spacial score (nSPS) is 13.2. The molecule has 0 amide bonds. The van der Waals surface area contributed by atoms with Crippen LogP contribution in [0.3, 0.4) is 0 Å². The van der Waals surface area contributed by atoms with Gasteiger partial charge in [-0.1, -0.05) is 54.6 Å². The van der Waals surface area contributed by atoms with Gasteiger partial charge in [0.15, 0.2) is 0 Å². The van der Waals surface area contributed by atoms with Crippen LogP contribution in [0.25, 0.3) is 55.6 Å². The maximum absolute atomic E-state index is 13.5. The molecule has 0 spiro atoms. The van der Waals surface area contributed by atoms with Crippen molar-refractivity contribution >= 4 is 39.5 Å². The average molecular weight is 1240 g/mol. The summed E-state index contributed by atoms with van der Waals surface area (Å²) in [5, 5.41) is 0. The second-order valence-corrected chi connectivity index (χ2v) is 23.0. The van der Waals surface area contributed by atoms with Crippen LogP contribution in [0.4, 0.5) is 50.4 Å². The molecule has 448 valence electrons. The van der Waals surface area contributed by atoms with E-state index in [0.29, 0.717) is 22.3 Å². The Kier molecular flexibility index (Phi) is 16.8. The molecule has 8 nitrogen and oxygen atoms in total. The van der Waals surface area contributed by atoms with E-state index in [9.17, 15) is 69.5 Å². The molecule has 0 atom stereocenters. The number of fused-ring (bicyclic) bond motifs is 5. The average Bonchev–Trinajstić information content (AvgIpc) is 1.55. The summed E-state index contributed by atoms with van der Waals surface area (Å²) in [6, 6.07) is 60.7. The fourth-order valence-electron chi connectivity index (χ4n) is 10.1. The number of halogens is 12. The molecule has 0 heterocycles. The maximum atomic E-state index is 13.5. The van der Waals surface area contributed by atoms with Crippen LogP contribution >= 0.6 is 15.6 Å². The summed E-state index contributed by atoms with van der Waals surface area (Å²) in [5.41, 5.74) is 15.1. The summed E-state index contributed by atoms with van der Waals surface area (Å²) in [4.78, 5) is 54.0. The number of hydrogen-bond acceptors (Lipinski definition) is 8. The predicted octanol–water partition coefficient (Wildman–Crippen LogP) is 20.7. The van der Waals surface area contributed by atoms with Gasteiger partial charge in [-0.3, -0.25) is 0 Å². The van der Waals surface area contributed by atoms with Gasteiger partial charge in [0.25, 0.3) is 0 Å². The minimum absolute atomic E-state index is 0.175. The van der Waals surface area contributed by atoms with Gasteiger partial charge < -0.3 is 18.9 Å². The Morgan fingerprint density at radius 1 is 0.302 bits per heavy atom. The molecule has 0 aromatic heterocycles. The zero-order valence-corrected chi connectivity index (χ0v) is 47.6. The van der Waals surface area contributed by atoms with Crippen molar-refractivity contribution in [3.63, 3.8) is 0 Å². The summed E-state index contributed by atoms with van der Waals surface area (Å²) >= 11 is 0. The molecule has 86 heavy (non-hydrogen) atoms. The summed E-state index contributed by atoms with van der Waals surface area (Å²) in [7, 11) is -21.3. The van der Waals surface area contributed by atoms with Crippen molar-refractivity contribution in [3.05, 3.63) is 249 Å². The zero-order valence-electron chi connectivity index (χ0n) is 45.8. The van der Waals surface area contributed by atoms with Gasteiger partial charge in [-0.05, 0) is 149 Å². The van der Waals surface area contributed by atoms with E-state index < -0.39 is 39.5 Å². The Morgan fingerprint density at radius 2 is 0.558 bits per heavy atom. The van der Waals surface area contributed by atoms with Crippen LogP contribution in [0.15, 0.2) is 182 Å². The molecule has 10 aliphatic rings. The molecular formula is C64H50F12O8P2. The van der Waals surface area contributed by atoms with E-state index in [2.05, 4.69) is 66.7 Å². The molecule has 0 fully saturated rings. The number of esters is 4. The first-order valence-corrected chi connectivity index (χ1v) is 30.4. The van der Waals surface area contributed by atoms with Crippen molar-refractivity contribution < 1.29 is 88.5 Å². The Hall–Kier alpha value is -8.86. The summed E-state index contributed by atoms with van der Waals surface area (Å²) in [6.45, 7) is 7.71. The minimum atomic E-state index is -10.7. The van der Waals surface area contributed by atoms with Gasteiger partial charge in [0.2, 0.25) is 0 Å². The van der Waals surface area contributed by atoms with Crippen molar-refractivity contribution in [1.29, 1.82) is 0 Å². The monoisotopic (exact) mass is 1240 g/mol. The van der Waals surface area contributed by atoms with Gasteiger partial charge in [0, 0.05) is 50.6 Å². The van der Waals surface area contributed by atoms with Crippen molar-refractivity contribution in [2.24, 2.45) is 0 Å². The molecule has 0 aliphatic heterocycles. The van der Waals surface area contributed by atoms with Gasteiger partial charge in [-0.25, -0.2) is 19.2 Å². The molecule has 0 aromatic rings. The fourth-order valence-corrected chi connectivity index (χ4v) is 10.1. The van der Waals surface area contributed by atoms with E-state index in [4.69, 9.17) is 18.9 Å².